The van der Waals surface area contributed by atoms with Gasteiger partial charge in [0, 0.05) is 24.0 Å². The maximum Gasteiger partial charge on any atom is 0.150 e. The Balaban J connectivity index is 1.94. The molecular formula is C8H7N3S2. The van der Waals surface area contributed by atoms with Crippen molar-refractivity contribution in [3.05, 3.63) is 35.9 Å². The quantitative estimate of drug-likeness (QED) is 0.727. The molecule has 0 saturated carbocycles. The van der Waals surface area contributed by atoms with Gasteiger partial charge in [-0.05, 0) is 6.07 Å². The zero-order valence-electron chi connectivity index (χ0n) is 6.75. The van der Waals surface area contributed by atoms with Crippen LogP contribution in [0.25, 0.3) is 0 Å². The van der Waals surface area contributed by atoms with Crippen LogP contribution in [0.15, 0.2) is 34.4 Å². The van der Waals surface area contributed by atoms with E-state index in [4.69, 9.17) is 0 Å². The molecule has 66 valence electrons. The molecule has 0 unspecified atom stereocenters. The molecule has 0 radical (unpaired) electrons. The largest absolute Gasteiger partial charge is 0.240 e. The average Bonchev–Trinajstić information content (AvgIpc) is 2.69. The maximum absolute atomic E-state index is 4.16. The van der Waals surface area contributed by atoms with E-state index >= 15 is 0 Å². The summed E-state index contributed by atoms with van der Waals surface area (Å²) in [6, 6.07) is 1.82. The van der Waals surface area contributed by atoms with Gasteiger partial charge in [0.05, 0.1) is 5.75 Å². The number of hydrogen-bond donors (Lipinski definition) is 0. The van der Waals surface area contributed by atoms with Crippen LogP contribution in [0, 0.1) is 0 Å². The predicted molar refractivity (Wildman–Crippen MR) is 53.7 cm³/mol. The van der Waals surface area contributed by atoms with E-state index in [1.807, 2.05) is 11.4 Å². The Bertz CT molecular complexity index is 347. The number of rotatable bonds is 3. The van der Waals surface area contributed by atoms with E-state index in [9.17, 15) is 0 Å². The summed E-state index contributed by atoms with van der Waals surface area (Å²) in [5, 5.41) is 1.97. The standard InChI is InChI=1S/C8H7N3S2/c1-2-9-7(10-3-1)6-13-8-11-4-5-12-8/h1-5H,6H2. The van der Waals surface area contributed by atoms with Crippen LogP contribution in [0.5, 0.6) is 0 Å². The van der Waals surface area contributed by atoms with Gasteiger partial charge in [0.15, 0.2) is 0 Å². The lowest BCUT2D eigenvalue weighted by Gasteiger charge is -1.94. The number of nitrogens with zero attached hydrogens (tertiary/aromatic N) is 3. The second-order valence-corrected chi connectivity index (χ2v) is 4.37. The van der Waals surface area contributed by atoms with Gasteiger partial charge in [-0.3, -0.25) is 0 Å². The molecule has 2 aromatic rings. The fourth-order valence-electron chi connectivity index (χ4n) is 0.812. The lowest BCUT2D eigenvalue weighted by atomic mass is 10.6. The Morgan fingerprint density at radius 1 is 1.15 bits per heavy atom. The molecule has 5 heteroatoms. The van der Waals surface area contributed by atoms with E-state index in [-0.39, 0.29) is 0 Å². The van der Waals surface area contributed by atoms with Gasteiger partial charge in [0.25, 0.3) is 0 Å². The third-order valence-corrected chi connectivity index (χ3v) is 3.32. The molecule has 0 fully saturated rings. The summed E-state index contributed by atoms with van der Waals surface area (Å²) in [6.45, 7) is 0. The van der Waals surface area contributed by atoms with Crippen molar-refractivity contribution in [2.24, 2.45) is 0 Å². The number of hydrogen-bond acceptors (Lipinski definition) is 5. The fourth-order valence-corrected chi connectivity index (χ4v) is 2.32. The molecule has 2 rings (SSSR count). The van der Waals surface area contributed by atoms with Crippen LogP contribution in [-0.4, -0.2) is 15.0 Å². The molecule has 0 amide bonds. The summed E-state index contributed by atoms with van der Waals surface area (Å²) in [4.78, 5) is 12.4. The Morgan fingerprint density at radius 2 is 2.00 bits per heavy atom. The maximum atomic E-state index is 4.16. The number of thioether (sulfide) groups is 1. The molecule has 0 aliphatic rings. The predicted octanol–water partition coefficient (Wildman–Crippen LogP) is 2.23. The highest BCUT2D eigenvalue weighted by molar-refractivity contribution is 8.00. The van der Waals surface area contributed by atoms with Crippen LogP contribution < -0.4 is 0 Å². The zero-order valence-corrected chi connectivity index (χ0v) is 8.38. The van der Waals surface area contributed by atoms with Crippen molar-refractivity contribution in [3.63, 3.8) is 0 Å². The normalized spacial score (nSPS) is 10.2. The highest BCUT2D eigenvalue weighted by atomic mass is 32.2. The van der Waals surface area contributed by atoms with Crippen molar-refractivity contribution in [1.82, 2.24) is 15.0 Å². The first-order valence-electron chi connectivity index (χ1n) is 3.73. The summed E-state index contributed by atoms with van der Waals surface area (Å²) in [6.07, 6.45) is 5.31. The van der Waals surface area contributed by atoms with Gasteiger partial charge in [-0.15, -0.1) is 11.3 Å². The molecular weight excluding hydrogens is 202 g/mol. The lowest BCUT2D eigenvalue weighted by molar-refractivity contribution is 1.03. The van der Waals surface area contributed by atoms with Crippen molar-refractivity contribution < 1.29 is 0 Å². The van der Waals surface area contributed by atoms with Crippen LogP contribution in [0.1, 0.15) is 5.82 Å². The molecule has 3 nitrogen and oxygen atoms in total. The van der Waals surface area contributed by atoms with Gasteiger partial charge >= 0.3 is 0 Å². The van der Waals surface area contributed by atoms with Crippen molar-refractivity contribution >= 4 is 23.1 Å². The smallest absolute Gasteiger partial charge is 0.150 e. The summed E-state index contributed by atoms with van der Waals surface area (Å²) in [7, 11) is 0. The molecule has 2 heterocycles. The van der Waals surface area contributed by atoms with Crippen molar-refractivity contribution in [3.8, 4) is 0 Å². The topological polar surface area (TPSA) is 38.7 Å². The fraction of sp³-hybridized carbons (Fsp3) is 0.125. The van der Waals surface area contributed by atoms with Crippen LogP contribution in [0.4, 0.5) is 0 Å². The Hall–Kier alpha value is -0.940. The molecule has 0 aliphatic heterocycles. The third kappa shape index (κ3) is 2.50. The van der Waals surface area contributed by atoms with Gasteiger partial charge in [-0.1, -0.05) is 11.8 Å². The van der Waals surface area contributed by atoms with E-state index < -0.39 is 0 Å². The SMILES string of the molecule is c1cnc(CSc2nccs2)nc1. The minimum Gasteiger partial charge on any atom is -0.240 e. The minimum absolute atomic E-state index is 0.786. The van der Waals surface area contributed by atoms with E-state index in [0.29, 0.717) is 0 Å². The van der Waals surface area contributed by atoms with Gasteiger partial charge in [-0.25, -0.2) is 15.0 Å². The highest BCUT2D eigenvalue weighted by Gasteiger charge is 1.98. The zero-order chi connectivity index (χ0) is 8.93. The van der Waals surface area contributed by atoms with E-state index in [0.717, 1.165) is 15.9 Å². The summed E-state index contributed by atoms with van der Waals surface area (Å²) in [5.74, 6) is 1.64. The lowest BCUT2D eigenvalue weighted by Crippen LogP contribution is -1.89. The van der Waals surface area contributed by atoms with Crippen LogP contribution in [0.3, 0.4) is 0 Å². The van der Waals surface area contributed by atoms with E-state index in [1.54, 1.807) is 41.7 Å². The molecule has 0 bridgehead atoms. The van der Waals surface area contributed by atoms with Gasteiger partial charge in [-0.2, -0.15) is 0 Å². The van der Waals surface area contributed by atoms with Crippen LogP contribution in [0.2, 0.25) is 0 Å². The Kier molecular flexibility index (Phi) is 2.89. The van der Waals surface area contributed by atoms with Gasteiger partial charge in [0.2, 0.25) is 0 Å². The van der Waals surface area contributed by atoms with E-state index in [1.165, 1.54) is 0 Å². The first-order valence-corrected chi connectivity index (χ1v) is 5.60. The molecule has 0 aromatic carbocycles. The molecule has 0 saturated heterocycles. The minimum atomic E-state index is 0.786. The molecule has 0 N–H and O–H groups in total. The molecule has 0 atom stereocenters. The van der Waals surface area contributed by atoms with Crippen molar-refractivity contribution in [1.29, 1.82) is 0 Å². The average molecular weight is 209 g/mol. The first-order chi connectivity index (χ1) is 6.45. The summed E-state index contributed by atoms with van der Waals surface area (Å²) >= 11 is 3.30. The number of thiazole rings is 1. The second kappa shape index (κ2) is 4.34. The molecule has 13 heavy (non-hydrogen) atoms. The first kappa shape index (κ1) is 8.65. The monoisotopic (exact) mass is 209 g/mol. The van der Waals surface area contributed by atoms with Crippen LogP contribution >= 0.6 is 23.1 Å². The third-order valence-electron chi connectivity index (χ3n) is 1.35. The molecule has 0 aliphatic carbocycles. The Morgan fingerprint density at radius 3 is 2.69 bits per heavy atom. The van der Waals surface area contributed by atoms with Crippen molar-refractivity contribution in [2.75, 3.05) is 0 Å². The molecule has 2 aromatic heterocycles. The highest BCUT2D eigenvalue weighted by Crippen LogP contribution is 2.22. The second-order valence-electron chi connectivity index (χ2n) is 2.25. The summed E-state index contributed by atoms with van der Waals surface area (Å²) < 4.78 is 1.06. The number of aromatic nitrogens is 3. The van der Waals surface area contributed by atoms with Crippen molar-refractivity contribution in [2.45, 2.75) is 10.1 Å². The van der Waals surface area contributed by atoms with Gasteiger partial charge < -0.3 is 0 Å². The van der Waals surface area contributed by atoms with Gasteiger partial charge in [0.1, 0.15) is 10.2 Å². The Labute approximate surface area is 84.3 Å². The van der Waals surface area contributed by atoms with E-state index in [2.05, 4.69) is 15.0 Å². The molecule has 0 spiro atoms. The van der Waals surface area contributed by atoms with Crippen LogP contribution in [-0.2, 0) is 5.75 Å². The summed E-state index contributed by atoms with van der Waals surface area (Å²) in [5.41, 5.74) is 0.